The van der Waals surface area contributed by atoms with E-state index in [0.717, 1.165) is 35.0 Å². The Morgan fingerprint density at radius 3 is 2.44 bits per heavy atom. The fourth-order valence-corrected chi connectivity index (χ4v) is 5.11. The zero-order valence-electron chi connectivity index (χ0n) is 18.9. The van der Waals surface area contributed by atoms with Gasteiger partial charge in [-0.05, 0) is 48.0 Å². The van der Waals surface area contributed by atoms with Crippen molar-refractivity contribution in [1.29, 1.82) is 0 Å². The SMILES string of the molecule is O=C(NCCC(=O)N1CCN(c2ccccc2)CC1)c1ccc(-c2ccc3c(c2)OCCO3)s1. The summed E-state index contributed by atoms with van der Waals surface area (Å²) >= 11 is 1.42. The molecule has 8 heteroatoms. The molecule has 0 saturated carbocycles. The molecule has 5 rings (SSSR count). The van der Waals surface area contributed by atoms with Gasteiger partial charge in [0.05, 0.1) is 4.88 Å². The summed E-state index contributed by atoms with van der Waals surface area (Å²) in [4.78, 5) is 31.0. The van der Waals surface area contributed by atoms with E-state index in [0.29, 0.717) is 44.1 Å². The minimum absolute atomic E-state index is 0.0798. The van der Waals surface area contributed by atoms with Gasteiger partial charge in [-0.3, -0.25) is 9.59 Å². The van der Waals surface area contributed by atoms with Crippen molar-refractivity contribution in [2.24, 2.45) is 0 Å². The molecule has 0 radical (unpaired) electrons. The molecule has 2 aliphatic heterocycles. The summed E-state index contributed by atoms with van der Waals surface area (Å²) in [5.74, 6) is 1.40. The molecule has 176 valence electrons. The van der Waals surface area contributed by atoms with E-state index in [1.165, 1.54) is 17.0 Å². The van der Waals surface area contributed by atoms with E-state index in [1.54, 1.807) is 0 Å². The number of thiophene rings is 1. The van der Waals surface area contributed by atoms with Crippen molar-refractivity contribution in [3.63, 3.8) is 0 Å². The van der Waals surface area contributed by atoms with Crippen molar-refractivity contribution in [3.05, 3.63) is 65.5 Å². The number of hydrogen-bond acceptors (Lipinski definition) is 6. The maximum Gasteiger partial charge on any atom is 0.261 e. The summed E-state index contributed by atoms with van der Waals surface area (Å²) in [5.41, 5.74) is 2.17. The number of amides is 2. The van der Waals surface area contributed by atoms with Gasteiger partial charge in [0, 0.05) is 49.7 Å². The molecule has 0 aliphatic carbocycles. The molecule has 1 saturated heterocycles. The zero-order valence-corrected chi connectivity index (χ0v) is 19.7. The second-order valence-corrected chi connectivity index (χ2v) is 9.32. The fraction of sp³-hybridized carbons (Fsp3) is 0.308. The van der Waals surface area contributed by atoms with E-state index in [1.807, 2.05) is 53.4 Å². The summed E-state index contributed by atoms with van der Waals surface area (Å²) in [6.07, 6.45) is 0.303. The minimum atomic E-state index is -0.157. The predicted octanol–water partition coefficient (Wildman–Crippen LogP) is 3.66. The van der Waals surface area contributed by atoms with Crippen LogP contribution >= 0.6 is 11.3 Å². The van der Waals surface area contributed by atoms with Gasteiger partial charge in [0.2, 0.25) is 5.91 Å². The van der Waals surface area contributed by atoms with Gasteiger partial charge >= 0.3 is 0 Å². The normalized spacial score (nSPS) is 15.2. The molecule has 0 spiro atoms. The van der Waals surface area contributed by atoms with Crippen LogP contribution in [-0.4, -0.2) is 62.7 Å². The number of hydrogen-bond donors (Lipinski definition) is 1. The highest BCUT2D eigenvalue weighted by Gasteiger charge is 2.21. The lowest BCUT2D eigenvalue weighted by molar-refractivity contribution is -0.131. The lowest BCUT2D eigenvalue weighted by Crippen LogP contribution is -2.49. The molecule has 3 heterocycles. The third kappa shape index (κ3) is 5.02. The fourth-order valence-electron chi connectivity index (χ4n) is 4.19. The molecule has 1 N–H and O–H groups in total. The average Bonchev–Trinajstić information content (AvgIpc) is 3.39. The lowest BCUT2D eigenvalue weighted by atomic mass is 10.1. The van der Waals surface area contributed by atoms with Gasteiger partial charge in [0.25, 0.3) is 5.91 Å². The first-order valence-electron chi connectivity index (χ1n) is 11.5. The molecule has 0 unspecified atom stereocenters. The van der Waals surface area contributed by atoms with Crippen LogP contribution in [0.3, 0.4) is 0 Å². The predicted molar refractivity (Wildman–Crippen MR) is 133 cm³/mol. The molecule has 3 aromatic rings. The number of benzene rings is 2. The number of fused-ring (bicyclic) bond motifs is 1. The van der Waals surface area contributed by atoms with Crippen LogP contribution in [-0.2, 0) is 4.79 Å². The molecular weight excluding hydrogens is 450 g/mol. The van der Waals surface area contributed by atoms with Gasteiger partial charge in [0.15, 0.2) is 11.5 Å². The first-order chi connectivity index (χ1) is 16.7. The molecule has 2 aromatic carbocycles. The first-order valence-corrected chi connectivity index (χ1v) is 12.3. The van der Waals surface area contributed by atoms with Crippen LogP contribution in [0, 0.1) is 0 Å². The summed E-state index contributed by atoms with van der Waals surface area (Å²) in [5, 5.41) is 2.89. The van der Waals surface area contributed by atoms with Gasteiger partial charge in [-0.2, -0.15) is 0 Å². The maximum atomic E-state index is 12.6. The smallest absolute Gasteiger partial charge is 0.261 e. The van der Waals surface area contributed by atoms with E-state index < -0.39 is 0 Å². The van der Waals surface area contributed by atoms with Crippen LogP contribution in [0.4, 0.5) is 5.69 Å². The van der Waals surface area contributed by atoms with Gasteiger partial charge in [-0.25, -0.2) is 0 Å². The Morgan fingerprint density at radius 1 is 0.882 bits per heavy atom. The number of ether oxygens (including phenoxy) is 2. The Labute approximate surface area is 202 Å². The molecular formula is C26H27N3O4S. The third-order valence-electron chi connectivity index (χ3n) is 6.03. The first kappa shape index (κ1) is 22.3. The topological polar surface area (TPSA) is 71.1 Å². The van der Waals surface area contributed by atoms with Crippen molar-refractivity contribution in [2.45, 2.75) is 6.42 Å². The number of anilines is 1. The summed E-state index contributed by atoms with van der Waals surface area (Å²) in [6, 6.07) is 19.8. The Hall–Kier alpha value is -3.52. The molecule has 0 atom stereocenters. The van der Waals surface area contributed by atoms with Crippen molar-refractivity contribution in [1.82, 2.24) is 10.2 Å². The monoisotopic (exact) mass is 477 g/mol. The van der Waals surface area contributed by atoms with E-state index in [2.05, 4.69) is 22.3 Å². The van der Waals surface area contributed by atoms with Crippen LogP contribution < -0.4 is 19.7 Å². The van der Waals surface area contributed by atoms with Gasteiger partial charge in [-0.15, -0.1) is 11.3 Å². The zero-order chi connectivity index (χ0) is 23.3. The van der Waals surface area contributed by atoms with Crippen LogP contribution in [0.15, 0.2) is 60.7 Å². The quantitative estimate of drug-likeness (QED) is 0.587. The van der Waals surface area contributed by atoms with Gasteiger partial charge in [0.1, 0.15) is 13.2 Å². The second kappa shape index (κ2) is 10.2. The third-order valence-corrected chi connectivity index (χ3v) is 7.17. The van der Waals surface area contributed by atoms with Crippen molar-refractivity contribution >= 4 is 28.8 Å². The molecule has 2 aliphatic rings. The Bertz CT molecular complexity index is 1160. The van der Waals surface area contributed by atoms with Crippen LogP contribution in [0.2, 0.25) is 0 Å². The number of para-hydroxylation sites is 1. The number of nitrogens with one attached hydrogen (secondary N) is 1. The average molecular weight is 478 g/mol. The standard InChI is InChI=1S/C26H27N3O4S/c30-25(29-14-12-28(13-15-29)20-4-2-1-3-5-20)10-11-27-26(31)24-9-8-23(34-24)19-6-7-21-22(18-19)33-17-16-32-21/h1-9,18H,10-17H2,(H,27,31). The highest BCUT2D eigenvalue weighted by atomic mass is 32.1. The molecule has 0 bridgehead atoms. The number of rotatable bonds is 6. The van der Waals surface area contributed by atoms with E-state index in [4.69, 9.17) is 9.47 Å². The van der Waals surface area contributed by atoms with Crippen LogP contribution in [0.5, 0.6) is 11.5 Å². The summed E-state index contributed by atoms with van der Waals surface area (Å²) in [7, 11) is 0. The molecule has 7 nitrogen and oxygen atoms in total. The molecule has 2 amide bonds. The van der Waals surface area contributed by atoms with Crippen molar-refractivity contribution < 1.29 is 19.1 Å². The largest absolute Gasteiger partial charge is 0.486 e. The Kier molecular flexibility index (Phi) is 6.67. The van der Waals surface area contributed by atoms with Crippen LogP contribution in [0.1, 0.15) is 16.1 Å². The van der Waals surface area contributed by atoms with E-state index in [9.17, 15) is 9.59 Å². The molecule has 34 heavy (non-hydrogen) atoms. The Morgan fingerprint density at radius 2 is 1.65 bits per heavy atom. The maximum absolute atomic E-state index is 12.6. The van der Waals surface area contributed by atoms with Gasteiger partial charge < -0.3 is 24.6 Å². The minimum Gasteiger partial charge on any atom is -0.486 e. The number of carbonyl (C=O) groups is 2. The number of carbonyl (C=O) groups excluding carboxylic acids is 2. The highest BCUT2D eigenvalue weighted by molar-refractivity contribution is 7.17. The van der Waals surface area contributed by atoms with Crippen LogP contribution in [0.25, 0.3) is 10.4 Å². The second-order valence-electron chi connectivity index (χ2n) is 8.23. The van der Waals surface area contributed by atoms with Gasteiger partial charge in [-0.1, -0.05) is 18.2 Å². The number of piperazine rings is 1. The van der Waals surface area contributed by atoms with E-state index in [-0.39, 0.29) is 11.8 Å². The number of nitrogens with zero attached hydrogens (tertiary/aromatic N) is 2. The summed E-state index contributed by atoms with van der Waals surface area (Å²) in [6.45, 7) is 4.46. The molecule has 1 aromatic heterocycles. The highest BCUT2D eigenvalue weighted by Crippen LogP contribution is 2.36. The summed E-state index contributed by atoms with van der Waals surface area (Å²) < 4.78 is 11.2. The Balaban J connectivity index is 1.09. The van der Waals surface area contributed by atoms with E-state index >= 15 is 0 Å². The van der Waals surface area contributed by atoms with Crippen molar-refractivity contribution in [2.75, 3.05) is 50.8 Å². The molecule has 1 fully saturated rings. The lowest BCUT2D eigenvalue weighted by Gasteiger charge is -2.36. The van der Waals surface area contributed by atoms with Crippen molar-refractivity contribution in [3.8, 4) is 21.9 Å².